The fraction of sp³-hybridized carbons (Fsp3) is 0.261. The van der Waals surface area contributed by atoms with Gasteiger partial charge in [-0.15, -0.1) is 0 Å². The second-order valence-electron chi connectivity index (χ2n) is 8.15. The number of nitrogens with two attached hydrogens (primary N) is 1. The lowest BCUT2D eigenvalue weighted by molar-refractivity contribution is 0.210. The Morgan fingerprint density at radius 1 is 1.12 bits per heavy atom. The van der Waals surface area contributed by atoms with Crippen LogP contribution in [0.15, 0.2) is 48.7 Å². The van der Waals surface area contributed by atoms with Gasteiger partial charge in [0.2, 0.25) is 0 Å². The molecule has 0 bridgehead atoms. The van der Waals surface area contributed by atoms with Crippen LogP contribution in [0.3, 0.4) is 0 Å². The highest BCUT2D eigenvalue weighted by Crippen LogP contribution is 2.30. The Balaban J connectivity index is 1.42. The maximum absolute atomic E-state index is 12.5. The highest BCUT2D eigenvalue weighted by Gasteiger charge is 2.25. The number of carbonyl (C=O) groups is 1. The van der Waals surface area contributed by atoms with E-state index in [0.29, 0.717) is 34.5 Å². The number of imidazole rings is 1. The zero-order chi connectivity index (χ0) is 22.9. The summed E-state index contributed by atoms with van der Waals surface area (Å²) in [5.41, 5.74) is 9.49. The molecule has 1 aliphatic heterocycles. The van der Waals surface area contributed by atoms with E-state index in [1.165, 1.54) is 0 Å². The number of nitrogens with zero attached hydrogens (tertiary/aromatic N) is 6. The molecule has 1 atom stereocenters. The molecule has 0 aliphatic carbocycles. The summed E-state index contributed by atoms with van der Waals surface area (Å²) in [6.45, 7) is 4.66. The van der Waals surface area contributed by atoms with Gasteiger partial charge in [-0.3, -0.25) is 0 Å². The van der Waals surface area contributed by atoms with Crippen molar-refractivity contribution in [1.29, 1.82) is 0 Å². The van der Waals surface area contributed by atoms with Crippen LogP contribution in [-0.2, 0) is 0 Å². The molecule has 1 fully saturated rings. The summed E-state index contributed by atoms with van der Waals surface area (Å²) in [5, 5.41) is 10.8. The summed E-state index contributed by atoms with van der Waals surface area (Å²) in [7, 11) is 0. The number of carbonyl (C=O) groups excluding carboxylic acids is 1. The smallest absolute Gasteiger partial charge is 0.322 e. The molecule has 10 nitrogen and oxygen atoms in total. The van der Waals surface area contributed by atoms with Crippen LogP contribution in [0.1, 0.15) is 25.6 Å². The van der Waals surface area contributed by atoms with E-state index in [4.69, 9.17) is 5.73 Å². The molecule has 0 saturated carbocycles. The minimum atomic E-state index is -0.0638. The summed E-state index contributed by atoms with van der Waals surface area (Å²) in [4.78, 5) is 27.8. The lowest BCUT2D eigenvalue weighted by atomic mass is 10.2. The van der Waals surface area contributed by atoms with Gasteiger partial charge in [-0.1, -0.05) is 0 Å². The molecule has 5 rings (SSSR count). The zero-order valence-electron chi connectivity index (χ0n) is 18.5. The largest absolute Gasteiger partial charge is 0.384 e. The van der Waals surface area contributed by atoms with E-state index in [-0.39, 0.29) is 12.1 Å². The van der Waals surface area contributed by atoms with Gasteiger partial charge in [-0.25, -0.2) is 24.3 Å². The van der Waals surface area contributed by atoms with Crippen LogP contribution in [0.4, 0.5) is 27.8 Å². The summed E-state index contributed by atoms with van der Waals surface area (Å²) in [6, 6.07) is 13.1. The molecule has 10 heteroatoms. The Morgan fingerprint density at radius 2 is 1.91 bits per heavy atom. The average molecular weight is 444 g/mol. The van der Waals surface area contributed by atoms with Gasteiger partial charge in [0.25, 0.3) is 0 Å². The number of aromatic nitrogens is 5. The zero-order valence-corrected chi connectivity index (χ0v) is 18.5. The number of anilines is 4. The highest BCUT2D eigenvalue weighted by molar-refractivity contribution is 5.90. The number of nitrogens with one attached hydrogen (secondary N) is 2. The average Bonchev–Trinajstić information content (AvgIpc) is 3.37. The Kier molecular flexibility index (Phi) is 5.25. The lowest BCUT2D eigenvalue weighted by Crippen LogP contribution is -2.37. The monoisotopic (exact) mass is 443 g/mol. The van der Waals surface area contributed by atoms with Crippen molar-refractivity contribution < 1.29 is 4.79 Å². The number of fused-ring (bicyclic) bond motifs is 1. The van der Waals surface area contributed by atoms with E-state index >= 15 is 0 Å². The Labute approximate surface area is 190 Å². The second-order valence-corrected chi connectivity index (χ2v) is 8.15. The first-order valence-corrected chi connectivity index (χ1v) is 10.9. The normalized spacial score (nSPS) is 15.7. The number of urea groups is 1. The fourth-order valence-corrected chi connectivity index (χ4v) is 4.12. The predicted octanol–water partition coefficient (Wildman–Crippen LogP) is 3.84. The molecule has 1 aromatic carbocycles. The summed E-state index contributed by atoms with van der Waals surface area (Å²) in [5.74, 6) is 1.53. The molecule has 1 saturated heterocycles. The van der Waals surface area contributed by atoms with Crippen molar-refractivity contribution in [2.24, 2.45) is 0 Å². The number of nitrogen functional groups attached to an aromatic ring is 1. The van der Waals surface area contributed by atoms with Crippen molar-refractivity contribution in [2.45, 2.75) is 32.7 Å². The number of aryl methyl sites for hydroxylation is 1. The van der Waals surface area contributed by atoms with Crippen LogP contribution >= 0.6 is 0 Å². The first-order valence-electron chi connectivity index (χ1n) is 10.9. The maximum atomic E-state index is 12.5. The lowest BCUT2D eigenvalue weighted by Gasteiger charge is -2.21. The standard InChI is InChI=1S/C23H25N9O/c1-14-5-4-12-31(14)23(33)29-17-9-7-16(8-10-17)28-22-21(18-13-19(24)27-15(2)26-18)32-20(30-22)6-3-11-25-32/h3,6-11,13-14,28H,4-5,12H2,1-2H3,(H,29,33)(H2,24,26,27)/t14-/m0/s1. The van der Waals surface area contributed by atoms with Crippen LogP contribution in [0.25, 0.3) is 17.0 Å². The molecule has 33 heavy (non-hydrogen) atoms. The van der Waals surface area contributed by atoms with Crippen LogP contribution in [-0.4, -0.2) is 48.1 Å². The molecule has 0 spiro atoms. The van der Waals surface area contributed by atoms with E-state index in [0.717, 1.165) is 30.8 Å². The van der Waals surface area contributed by atoms with Crippen LogP contribution in [0.5, 0.6) is 0 Å². The van der Waals surface area contributed by atoms with Gasteiger partial charge in [-0.05, 0) is 63.1 Å². The van der Waals surface area contributed by atoms with Gasteiger partial charge in [0.15, 0.2) is 11.5 Å². The molecule has 4 heterocycles. The van der Waals surface area contributed by atoms with Crippen LogP contribution < -0.4 is 16.4 Å². The Morgan fingerprint density at radius 3 is 2.64 bits per heavy atom. The third-order valence-corrected chi connectivity index (χ3v) is 5.71. The molecule has 4 aromatic rings. The SMILES string of the molecule is Cc1nc(N)cc(-c2c(Nc3ccc(NC(=O)N4CCC[C@@H]4C)cc3)nc3cccnn23)n1. The van der Waals surface area contributed by atoms with Crippen LogP contribution in [0, 0.1) is 6.92 Å². The number of hydrogen-bond donors (Lipinski definition) is 3. The quantitative estimate of drug-likeness (QED) is 0.437. The van der Waals surface area contributed by atoms with Crippen molar-refractivity contribution >= 4 is 34.7 Å². The van der Waals surface area contributed by atoms with Gasteiger partial charge in [-0.2, -0.15) is 5.10 Å². The minimum absolute atomic E-state index is 0.0638. The Bertz CT molecular complexity index is 1300. The predicted molar refractivity (Wildman–Crippen MR) is 127 cm³/mol. The van der Waals surface area contributed by atoms with E-state index in [1.807, 2.05) is 41.3 Å². The number of likely N-dealkylation sites (tertiary alicyclic amines) is 1. The van der Waals surface area contributed by atoms with E-state index < -0.39 is 0 Å². The van der Waals surface area contributed by atoms with Crippen molar-refractivity contribution in [2.75, 3.05) is 22.9 Å². The maximum Gasteiger partial charge on any atom is 0.322 e. The number of rotatable bonds is 4. The molecule has 0 radical (unpaired) electrons. The molecule has 3 aromatic heterocycles. The molecule has 168 valence electrons. The summed E-state index contributed by atoms with van der Waals surface area (Å²) >= 11 is 0. The molecule has 2 amide bonds. The number of amides is 2. The third-order valence-electron chi connectivity index (χ3n) is 5.71. The van der Waals surface area contributed by atoms with Crippen molar-refractivity contribution in [1.82, 2.24) is 29.5 Å². The van der Waals surface area contributed by atoms with Gasteiger partial charge in [0.05, 0.1) is 5.69 Å². The van der Waals surface area contributed by atoms with Crippen molar-refractivity contribution in [3.8, 4) is 11.4 Å². The fourth-order valence-electron chi connectivity index (χ4n) is 4.12. The first kappa shape index (κ1) is 20.7. The van der Waals surface area contributed by atoms with Gasteiger partial charge >= 0.3 is 6.03 Å². The molecule has 1 aliphatic rings. The summed E-state index contributed by atoms with van der Waals surface area (Å²) < 4.78 is 1.72. The van der Waals surface area contributed by atoms with Crippen LogP contribution in [0.2, 0.25) is 0 Å². The van der Waals surface area contributed by atoms with Gasteiger partial charge in [0, 0.05) is 36.2 Å². The molecular formula is C23H25N9O. The van der Waals surface area contributed by atoms with E-state index in [1.54, 1.807) is 23.7 Å². The number of benzene rings is 1. The molecule has 0 unspecified atom stereocenters. The van der Waals surface area contributed by atoms with E-state index in [2.05, 4.69) is 37.6 Å². The van der Waals surface area contributed by atoms with Crippen molar-refractivity contribution in [3.05, 3.63) is 54.5 Å². The summed E-state index contributed by atoms with van der Waals surface area (Å²) in [6.07, 6.45) is 3.78. The van der Waals surface area contributed by atoms with E-state index in [9.17, 15) is 4.79 Å². The highest BCUT2D eigenvalue weighted by atomic mass is 16.2. The van der Waals surface area contributed by atoms with Gasteiger partial charge in [0.1, 0.15) is 17.3 Å². The van der Waals surface area contributed by atoms with Gasteiger partial charge < -0.3 is 21.3 Å². The Hall–Kier alpha value is -4.21. The second kappa shape index (κ2) is 8.38. The molecular weight excluding hydrogens is 418 g/mol. The molecule has 4 N–H and O–H groups in total. The number of hydrogen-bond acceptors (Lipinski definition) is 7. The minimum Gasteiger partial charge on any atom is -0.384 e. The first-order chi connectivity index (χ1) is 16.0. The van der Waals surface area contributed by atoms with Crippen molar-refractivity contribution in [3.63, 3.8) is 0 Å². The topological polar surface area (TPSA) is 126 Å². The third kappa shape index (κ3) is 4.14.